The average Bonchev–Trinajstić information content (AvgIpc) is 3.51. The Morgan fingerprint density at radius 3 is 2.46 bits per heavy atom. The van der Waals surface area contributed by atoms with Crippen molar-refractivity contribution in [3.05, 3.63) is 107 Å². The molecule has 1 fully saturated rings. The van der Waals surface area contributed by atoms with E-state index in [-0.39, 0.29) is 18.0 Å². The molecule has 0 radical (unpaired) electrons. The van der Waals surface area contributed by atoms with E-state index in [0.29, 0.717) is 11.5 Å². The molecule has 5 rings (SSSR count). The minimum absolute atomic E-state index is 0.00600. The predicted molar refractivity (Wildman–Crippen MR) is 153 cm³/mol. The normalized spacial score (nSPS) is 17.1. The van der Waals surface area contributed by atoms with Crippen molar-refractivity contribution in [3.8, 4) is 5.69 Å². The largest absolute Gasteiger partial charge is 0.351 e. The van der Waals surface area contributed by atoms with E-state index < -0.39 is 0 Å². The van der Waals surface area contributed by atoms with E-state index in [1.165, 1.54) is 11.1 Å². The van der Waals surface area contributed by atoms with Crippen LogP contribution in [0.4, 0.5) is 11.4 Å². The molecule has 2 aromatic heterocycles. The van der Waals surface area contributed by atoms with Crippen molar-refractivity contribution in [2.24, 2.45) is 0 Å². The highest BCUT2D eigenvalue weighted by molar-refractivity contribution is 7.80. The molecule has 1 saturated heterocycles. The van der Waals surface area contributed by atoms with Crippen LogP contribution in [0.1, 0.15) is 53.5 Å². The summed E-state index contributed by atoms with van der Waals surface area (Å²) in [7, 11) is 0. The molecule has 2 N–H and O–H groups in total. The van der Waals surface area contributed by atoms with E-state index in [1.807, 2.05) is 50.4 Å². The molecule has 37 heavy (non-hydrogen) atoms. The highest BCUT2D eigenvalue weighted by Gasteiger charge is 2.42. The molecular formula is C30H31N5OS. The summed E-state index contributed by atoms with van der Waals surface area (Å²) in [5.74, 6) is -0.00600. The highest BCUT2D eigenvalue weighted by Crippen LogP contribution is 2.43. The maximum absolute atomic E-state index is 12.0. The average molecular weight is 510 g/mol. The smallest absolute Gasteiger partial charge is 0.224 e. The summed E-state index contributed by atoms with van der Waals surface area (Å²) in [6.07, 6.45) is 4.35. The molecule has 188 valence electrons. The topological polar surface area (TPSA) is 62.2 Å². The Morgan fingerprint density at radius 2 is 1.76 bits per heavy atom. The number of rotatable bonds is 6. The summed E-state index contributed by atoms with van der Waals surface area (Å²) >= 11 is 5.92. The molecule has 1 aliphatic rings. The Hall–Kier alpha value is -3.97. The summed E-state index contributed by atoms with van der Waals surface area (Å²) in [6.45, 7) is 8.12. The lowest BCUT2D eigenvalue weighted by Crippen LogP contribution is -2.30. The van der Waals surface area contributed by atoms with Crippen molar-refractivity contribution in [1.29, 1.82) is 0 Å². The molecule has 2 atom stereocenters. The van der Waals surface area contributed by atoms with Crippen molar-refractivity contribution in [2.75, 3.05) is 10.2 Å². The van der Waals surface area contributed by atoms with E-state index in [9.17, 15) is 4.79 Å². The second-order valence-electron chi connectivity index (χ2n) is 9.47. The van der Waals surface area contributed by atoms with Gasteiger partial charge < -0.3 is 20.1 Å². The number of anilines is 2. The van der Waals surface area contributed by atoms with Gasteiger partial charge in [0, 0.05) is 41.6 Å². The Kier molecular flexibility index (Phi) is 6.80. The van der Waals surface area contributed by atoms with Gasteiger partial charge in [-0.25, -0.2) is 0 Å². The van der Waals surface area contributed by atoms with Gasteiger partial charge in [0.15, 0.2) is 5.11 Å². The third kappa shape index (κ3) is 4.74. The van der Waals surface area contributed by atoms with Crippen LogP contribution >= 0.6 is 12.2 Å². The molecule has 4 aromatic rings. The molecule has 1 aliphatic heterocycles. The highest BCUT2D eigenvalue weighted by atomic mass is 32.1. The van der Waals surface area contributed by atoms with Crippen LogP contribution in [-0.2, 0) is 4.79 Å². The van der Waals surface area contributed by atoms with E-state index in [0.717, 1.165) is 34.0 Å². The Labute approximate surface area is 223 Å². The zero-order valence-corrected chi connectivity index (χ0v) is 22.3. The summed E-state index contributed by atoms with van der Waals surface area (Å²) in [6, 6.07) is 22.5. The first-order valence-corrected chi connectivity index (χ1v) is 12.9. The lowest BCUT2D eigenvalue weighted by atomic mass is 10.00. The zero-order valence-electron chi connectivity index (χ0n) is 21.5. The first-order valence-electron chi connectivity index (χ1n) is 12.5. The van der Waals surface area contributed by atoms with Crippen molar-refractivity contribution in [2.45, 2.75) is 46.2 Å². The van der Waals surface area contributed by atoms with Crippen molar-refractivity contribution >= 4 is 34.6 Å². The quantitative estimate of drug-likeness (QED) is 0.298. The van der Waals surface area contributed by atoms with Crippen LogP contribution in [0, 0.1) is 20.8 Å². The number of amides is 1. The fourth-order valence-corrected chi connectivity index (χ4v) is 5.20. The van der Waals surface area contributed by atoms with Crippen molar-refractivity contribution in [3.63, 3.8) is 0 Å². The van der Waals surface area contributed by atoms with E-state index in [4.69, 9.17) is 12.2 Å². The van der Waals surface area contributed by atoms with Gasteiger partial charge in [-0.05, 0) is 104 Å². The van der Waals surface area contributed by atoms with Crippen molar-refractivity contribution in [1.82, 2.24) is 14.9 Å². The van der Waals surface area contributed by atoms with Crippen LogP contribution in [-0.4, -0.2) is 20.6 Å². The number of carbonyl (C=O) groups is 1. The van der Waals surface area contributed by atoms with Crippen LogP contribution in [0.25, 0.3) is 5.69 Å². The van der Waals surface area contributed by atoms with Gasteiger partial charge in [0.25, 0.3) is 0 Å². The van der Waals surface area contributed by atoms with Crippen LogP contribution < -0.4 is 15.5 Å². The minimum atomic E-state index is -0.145. The summed E-state index contributed by atoms with van der Waals surface area (Å²) in [5.41, 5.74) is 8.39. The van der Waals surface area contributed by atoms with Gasteiger partial charge in [-0.15, -0.1) is 0 Å². The zero-order chi connectivity index (χ0) is 26.1. The fraction of sp³-hybridized carbons (Fsp3) is 0.233. The fourth-order valence-electron chi connectivity index (χ4n) is 4.86. The van der Waals surface area contributed by atoms with Gasteiger partial charge in [0.2, 0.25) is 5.91 Å². The molecule has 2 aromatic carbocycles. The lowest BCUT2D eigenvalue weighted by molar-refractivity contribution is -0.115. The molecule has 7 heteroatoms. The minimum Gasteiger partial charge on any atom is -0.351 e. The SMILES string of the molecule is CCC(=O)Nc1ccc(N2C(=S)N[C@@H](c3ccccn3)[C@H]2c2cccn2-c2ccc(C)c(C)c2)cc1C. The van der Waals surface area contributed by atoms with Crippen LogP contribution in [0.2, 0.25) is 0 Å². The first kappa shape index (κ1) is 24.7. The lowest BCUT2D eigenvalue weighted by Gasteiger charge is -2.29. The second kappa shape index (κ2) is 10.2. The molecule has 1 amide bonds. The van der Waals surface area contributed by atoms with Gasteiger partial charge in [0.1, 0.15) is 6.04 Å². The standard InChI is InChI=1S/C30H31N5OS/c1-5-27(36)32-24-14-13-23(18-21(24)4)35-29(28(33-30(35)37)25-9-6-7-15-31-25)26-10-8-16-34(26)22-12-11-19(2)20(3)17-22/h6-18,28-29H,5H2,1-4H3,(H,32,36)(H,33,37)/t28-,29+/m0/s1. The Morgan fingerprint density at radius 1 is 0.973 bits per heavy atom. The maximum atomic E-state index is 12.0. The predicted octanol–water partition coefficient (Wildman–Crippen LogP) is 6.32. The van der Waals surface area contributed by atoms with E-state index in [1.54, 1.807) is 0 Å². The van der Waals surface area contributed by atoms with Crippen LogP contribution in [0.5, 0.6) is 0 Å². The van der Waals surface area contributed by atoms with Gasteiger partial charge in [-0.1, -0.05) is 19.1 Å². The summed E-state index contributed by atoms with van der Waals surface area (Å²) in [5, 5.41) is 7.16. The third-order valence-electron chi connectivity index (χ3n) is 7.03. The number of benzene rings is 2. The van der Waals surface area contributed by atoms with Gasteiger partial charge in [-0.3, -0.25) is 9.78 Å². The van der Waals surface area contributed by atoms with Crippen molar-refractivity contribution < 1.29 is 4.79 Å². The first-order chi connectivity index (χ1) is 17.9. The monoisotopic (exact) mass is 509 g/mol. The van der Waals surface area contributed by atoms with Gasteiger partial charge >= 0.3 is 0 Å². The number of carbonyl (C=O) groups excluding carboxylic acids is 1. The molecule has 0 unspecified atom stereocenters. The molecule has 0 aliphatic carbocycles. The number of nitrogens with one attached hydrogen (secondary N) is 2. The number of nitrogens with zero attached hydrogens (tertiary/aromatic N) is 3. The molecule has 0 spiro atoms. The molecular weight excluding hydrogens is 478 g/mol. The molecule has 3 heterocycles. The second-order valence-corrected chi connectivity index (χ2v) is 9.86. The number of hydrogen-bond donors (Lipinski definition) is 2. The Balaban J connectivity index is 1.62. The number of pyridine rings is 1. The number of aromatic nitrogens is 2. The number of aryl methyl sites for hydroxylation is 3. The number of hydrogen-bond acceptors (Lipinski definition) is 3. The molecule has 0 saturated carbocycles. The third-order valence-corrected chi connectivity index (χ3v) is 7.35. The van der Waals surface area contributed by atoms with Gasteiger partial charge in [0.05, 0.1) is 11.7 Å². The van der Waals surface area contributed by atoms with E-state index in [2.05, 4.69) is 81.5 Å². The summed E-state index contributed by atoms with van der Waals surface area (Å²) in [4.78, 5) is 18.8. The summed E-state index contributed by atoms with van der Waals surface area (Å²) < 4.78 is 2.23. The maximum Gasteiger partial charge on any atom is 0.224 e. The number of thiocarbonyl (C=S) groups is 1. The van der Waals surface area contributed by atoms with E-state index >= 15 is 0 Å². The van der Waals surface area contributed by atoms with Gasteiger partial charge in [-0.2, -0.15) is 0 Å². The molecule has 6 nitrogen and oxygen atoms in total. The Bertz CT molecular complexity index is 1460. The van der Waals surface area contributed by atoms with Crippen LogP contribution in [0.3, 0.4) is 0 Å². The molecule has 0 bridgehead atoms. The van der Waals surface area contributed by atoms with Crippen LogP contribution in [0.15, 0.2) is 79.1 Å².